The number of hydrogen-bond acceptors (Lipinski definition) is 0. The minimum Gasteiger partial charge on any atom is -0.0625 e. The lowest BCUT2D eigenvalue weighted by molar-refractivity contribution is 0.417. The van der Waals surface area contributed by atoms with Crippen molar-refractivity contribution < 1.29 is 0 Å². The first kappa shape index (κ1) is 21.7. The van der Waals surface area contributed by atoms with Gasteiger partial charge >= 0.3 is 0 Å². The monoisotopic (exact) mass is 364 g/mol. The lowest BCUT2D eigenvalue weighted by atomic mass is 9.93. The van der Waals surface area contributed by atoms with Gasteiger partial charge in [0.15, 0.2) is 0 Å². The first-order valence-corrected chi connectivity index (χ1v) is 11.3. The first-order valence-electron chi connectivity index (χ1n) is 11.3. The average molecular weight is 365 g/mol. The van der Waals surface area contributed by atoms with E-state index in [-0.39, 0.29) is 0 Å². The fourth-order valence-electron chi connectivity index (χ4n) is 4.05. The highest BCUT2D eigenvalue weighted by Gasteiger charge is 2.05. The summed E-state index contributed by atoms with van der Waals surface area (Å²) in [6.45, 7) is 4.88. The SMILES string of the molecule is C[C@H](CCCCC[C@@H](C)CCCc1ccccc1)CCCc1ccccc1. The second kappa shape index (κ2) is 13.6. The van der Waals surface area contributed by atoms with E-state index in [1.165, 1.54) is 81.8 Å². The number of hydrogen-bond donors (Lipinski definition) is 0. The Morgan fingerprint density at radius 1 is 0.481 bits per heavy atom. The van der Waals surface area contributed by atoms with Gasteiger partial charge in [-0.2, -0.15) is 0 Å². The van der Waals surface area contributed by atoms with Crippen LogP contribution in [0, 0.1) is 11.8 Å². The maximum Gasteiger partial charge on any atom is -0.0279 e. The van der Waals surface area contributed by atoms with Crippen LogP contribution < -0.4 is 0 Å². The Kier molecular flexibility index (Phi) is 10.9. The molecule has 148 valence electrons. The van der Waals surface area contributed by atoms with Gasteiger partial charge in [0.1, 0.15) is 0 Å². The van der Waals surface area contributed by atoms with E-state index in [9.17, 15) is 0 Å². The molecule has 27 heavy (non-hydrogen) atoms. The third-order valence-electron chi connectivity index (χ3n) is 5.90. The van der Waals surface area contributed by atoms with Crippen molar-refractivity contribution in [2.45, 2.75) is 84.5 Å². The van der Waals surface area contributed by atoms with E-state index in [0.29, 0.717) is 0 Å². The van der Waals surface area contributed by atoms with Gasteiger partial charge in [-0.1, -0.05) is 119 Å². The molecule has 2 aromatic rings. The summed E-state index contributed by atoms with van der Waals surface area (Å²) in [5, 5.41) is 0. The second-order valence-corrected chi connectivity index (χ2v) is 8.60. The van der Waals surface area contributed by atoms with Crippen LogP contribution in [0.1, 0.15) is 82.8 Å². The van der Waals surface area contributed by atoms with E-state index in [4.69, 9.17) is 0 Å². The Labute approximate surface area is 168 Å². The molecule has 2 aromatic carbocycles. The fourth-order valence-corrected chi connectivity index (χ4v) is 4.05. The molecule has 0 N–H and O–H groups in total. The van der Waals surface area contributed by atoms with Crippen LogP contribution in [0.3, 0.4) is 0 Å². The van der Waals surface area contributed by atoms with Crippen molar-refractivity contribution >= 4 is 0 Å². The summed E-state index contributed by atoms with van der Waals surface area (Å²) in [5.41, 5.74) is 2.98. The molecule has 0 radical (unpaired) electrons. The van der Waals surface area contributed by atoms with Crippen molar-refractivity contribution in [1.29, 1.82) is 0 Å². The van der Waals surface area contributed by atoms with Gasteiger partial charge in [0.25, 0.3) is 0 Å². The standard InChI is InChI=1S/C27H40/c1-24(16-12-22-26-18-8-4-9-19-26)14-6-3-7-15-25(2)17-13-23-27-20-10-5-11-21-27/h4-5,8-11,18-21,24-25H,3,6-7,12-17,22-23H2,1-2H3/t24-,25-/m1/s1. The Morgan fingerprint density at radius 3 is 1.26 bits per heavy atom. The van der Waals surface area contributed by atoms with Gasteiger partial charge < -0.3 is 0 Å². The Hall–Kier alpha value is -1.56. The average Bonchev–Trinajstić information content (AvgIpc) is 2.69. The molecule has 0 aliphatic carbocycles. The molecule has 0 bridgehead atoms. The molecular weight excluding hydrogens is 324 g/mol. The first-order chi connectivity index (χ1) is 13.2. The predicted octanol–water partition coefficient (Wildman–Crippen LogP) is 8.25. The zero-order valence-corrected chi connectivity index (χ0v) is 17.7. The molecule has 0 fully saturated rings. The van der Waals surface area contributed by atoms with Gasteiger partial charge in [-0.25, -0.2) is 0 Å². The Bertz CT molecular complexity index is 518. The number of benzene rings is 2. The van der Waals surface area contributed by atoms with Crippen molar-refractivity contribution in [3.05, 3.63) is 71.8 Å². The lowest BCUT2D eigenvalue weighted by Gasteiger charge is -2.13. The topological polar surface area (TPSA) is 0 Å². The molecule has 0 aliphatic heterocycles. The normalized spacial score (nSPS) is 13.4. The van der Waals surface area contributed by atoms with E-state index in [2.05, 4.69) is 74.5 Å². The second-order valence-electron chi connectivity index (χ2n) is 8.60. The smallest absolute Gasteiger partial charge is 0.0279 e. The van der Waals surface area contributed by atoms with Crippen molar-refractivity contribution in [2.75, 3.05) is 0 Å². The molecule has 0 saturated heterocycles. The minimum absolute atomic E-state index is 0.886. The van der Waals surface area contributed by atoms with Crippen LogP contribution in [0.15, 0.2) is 60.7 Å². The van der Waals surface area contributed by atoms with Gasteiger partial charge in [0.05, 0.1) is 0 Å². The van der Waals surface area contributed by atoms with Crippen molar-refractivity contribution in [2.24, 2.45) is 11.8 Å². The molecule has 0 spiro atoms. The van der Waals surface area contributed by atoms with Gasteiger partial charge in [-0.3, -0.25) is 0 Å². The van der Waals surface area contributed by atoms with Crippen LogP contribution in [-0.4, -0.2) is 0 Å². The van der Waals surface area contributed by atoms with Crippen LogP contribution >= 0.6 is 0 Å². The van der Waals surface area contributed by atoms with Crippen molar-refractivity contribution in [3.63, 3.8) is 0 Å². The molecule has 0 aliphatic rings. The van der Waals surface area contributed by atoms with Crippen LogP contribution in [0.5, 0.6) is 0 Å². The Balaban J connectivity index is 1.41. The van der Waals surface area contributed by atoms with Crippen LogP contribution in [0.4, 0.5) is 0 Å². The van der Waals surface area contributed by atoms with E-state index >= 15 is 0 Å². The molecule has 0 unspecified atom stereocenters. The molecule has 0 amide bonds. The molecule has 0 saturated carbocycles. The molecular formula is C27H40. The maximum atomic E-state index is 2.44. The van der Waals surface area contributed by atoms with Gasteiger partial charge in [0.2, 0.25) is 0 Å². The zero-order valence-electron chi connectivity index (χ0n) is 17.7. The van der Waals surface area contributed by atoms with Crippen LogP contribution in [0.2, 0.25) is 0 Å². The van der Waals surface area contributed by atoms with Gasteiger partial charge in [-0.15, -0.1) is 0 Å². The summed E-state index contributed by atoms with van der Waals surface area (Å²) in [7, 11) is 0. The van der Waals surface area contributed by atoms with Crippen molar-refractivity contribution in [3.8, 4) is 0 Å². The van der Waals surface area contributed by atoms with Gasteiger partial charge in [-0.05, 0) is 48.6 Å². The quantitative estimate of drug-likeness (QED) is 0.296. The summed E-state index contributed by atoms with van der Waals surface area (Å²) < 4.78 is 0. The maximum absolute atomic E-state index is 2.44. The van der Waals surface area contributed by atoms with E-state index in [1.807, 2.05) is 0 Å². The molecule has 0 heterocycles. The molecule has 0 heteroatoms. The third kappa shape index (κ3) is 10.4. The highest BCUT2D eigenvalue weighted by Crippen LogP contribution is 2.20. The van der Waals surface area contributed by atoms with E-state index < -0.39 is 0 Å². The van der Waals surface area contributed by atoms with Crippen LogP contribution in [-0.2, 0) is 12.8 Å². The fraction of sp³-hybridized carbons (Fsp3) is 0.556. The number of unbranched alkanes of at least 4 members (excludes halogenated alkanes) is 2. The molecule has 0 aromatic heterocycles. The zero-order chi connectivity index (χ0) is 19.2. The molecule has 2 rings (SSSR count). The summed E-state index contributed by atoms with van der Waals surface area (Å²) in [5.74, 6) is 1.77. The Morgan fingerprint density at radius 2 is 0.852 bits per heavy atom. The predicted molar refractivity (Wildman–Crippen MR) is 120 cm³/mol. The summed E-state index contributed by atoms with van der Waals surface area (Å²) in [6.07, 6.45) is 15.0. The number of aryl methyl sites for hydroxylation is 2. The highest BCUT2D eigenvalue weighted by molar-refractivity contribution is 5.15. The molecule has 0 nitrogen and oxygen atoms in total. The van der Waals surface area contributed by atoms with E-state index in [1.54, 1.807) is 0 Å². The minimum atomic E-state index is 0.886. The van der Waals surface area contributed by atoms with Gasteiger partial charge in [0, 0.05) is 0 Å². The summed E-state index contributed by atoms with van der Waals surface area (Å²) >= 11 is 0. The summed E-state index contributed by atoms with van der Waals surface area (Å²) in [6, 6.07) is 21.9. The summed E-state index contributed by atoms with van der Waals surface area (Å²) in [4.78, 5) is 0. The van der Waals surface area contributed by atoms with E-state index in [0.717, 1.165) is 11.8 Å². The number of rotatable bonds is 14. The van der Waals surface area contributed by atoms with Crippen LogP contribution in [0.25, 0.3) is 0 Å². The van der Waals surface area contributed by atoms with Crippen molar-refractivity contribution in [1.82, 2.24) is 0 Å². The molecule has 2 atom stereocenters. The lowest BCUT2D eigenvalue weighted by Crippen LogP contribution is -1.98. The largest absolute Gasteiger partial charge is 0.0625 e. The highest BCUT2D eigenvalue weighted by atomic mass is 14.1. The third-order valence-corrected chi connectivity index (χ3v) is 5.90.